The van der Waals surface area contributed by atoms with E-state index in [0.717, 1.165) is 58.5 Å². The Morgan fingerprint density at radius 2 is 2.05 bits per heavy atom. The van der Waals surface area contributed by atoms with E-state index in [2.05, 4.69) is 10.3 Å². The van der Waals surface area contributed by atoms with E-state index in [0.29, 0.717) is 4.64 Å². The summed E-state index contributed by atoms with van der Waals surface area (Å²) in [6, 6.07) is 0. The fourth-order valence-corrected chi connectivity index (χ4v) is 3.48. The lowest BCUT2D eigenvalue weighted by Gasteiger charge is -2.25. The van der Waals surface area contributed by atoms with E-state index < -0.39 is 0 Å². The molecular weight excluding hydrogens is 260 g/mol. The van der Waals surface area contributed by atoms with E-state index >= 15 is 0 Å². The average molecular weight is 281 g/mol. The number of nitrogens with zero attached hydrogens (tertiary/aromatic N) is 1. The van der Waals surface area contributed by atoms with Gasteiger partial charge in [0.25, 0.3) is 0 Å². The highest BCUT2D eigenvalue weighted by Crippen LogP contribution is 2.20. The second kappa shape index (κ2) is 5.56. The minimum atomic E-state index is -0.0276. The summed E-state index contributed by atoms with van der Waals surface area (Å²) in [5.74, 6) is 0. The van der Waals surface area contributed by atoms with Gasteiger partial charge in [0.1, 0.15) is 4.64 Å². The summed E-state index contributed by atoms with van der Waals surface area (Å²) in [6.45, 7) is 6.31. The molecule has 5 nitrogen and oxygen atoms in total. The zero-order valence-electron chi connectivity index (χ0n) is 11.1. The Balaban J connectivity index is 1.79. The number of nitrogens with one attached hydrogen (secondary N) is 3. The number of quaternary nitrogens is 1. The molecule has 0 saturated carbocycles. The maximum atomic E-state index is 12.1. The molecule has 1 aliphatic heterocycles. The van der Waals surface area contributed by atoms with Gasteiger partial charge in [0, 0.05) is 24.3 Å². The van der Waals surface area contributed by atoms with Crippen molar-refractivity contribution >= 4 is 12.2 Å². The van der Waals surface area contributed by atoms with Gasteiger partial charge in [0.15, 0.2) is 0 Å². The summed E-state index contributed by atoms with van der Waals surface area (Å²) >= 11 is 5.25. The molecule has 6 heteroatoms. The summed E-state index contributed by atoms with van der Waals surface area (Å²) < 4.78 is 2.58. The molecule has 0 atom stereocenters. The predicted molar refractivity (Wildman–Crippen MR) is 76.3 cm³/mol. The number of fused-ring (bicyclic) bond motifs is 1. The van der Waals surface area contributed by atoms with Crippen molar-refractivity contribution in [1.82, 2.24) is 14.9 Å². The van der Waals surface area contributed by atoms with E-state index in [-0.39, 0.29) is 5.69 Å². The number of H-pyrrole nitrogens is 1. The average Bonchev–Trinajstić information content (AvgIpc) is 2.89. The van der Waals surface area contributed by atoms with Crippen molar-refractivity contribution in [2.45, 2.75) is 25.8 Å². The summed E-state index contributed by atoms with van der Waals surface area (Å²) in [5, 5.41) is 3.36. The largest absolute Gasteiger partial charge is 0.331 e. The zero-order chi connectivity index (χ0) is 13.2. The van der Waals surface area contributed by atoms with Crippen LogP contribution >= 0.6 is 12.2 Å². The van der Waals surface area contributed by atoms with Crippen LogP contribution < -0.4 is 15.9 Å². The second-order valence-electron chi connectivity index (χ2n) is 5.44. The Hall–Kier alpha value is -0.980. The van der Waals surface area contributed by atoms with Crippen molar-refractivity contribution in [2.75, 3.05) is 32.7 Å². The molecule has 1 aromatic heterocycles. The van der Waals surface area contributed by atoms with Crippen molar-refractivity contribution in [1.29, 1.82) is 0 Å². The normalized spacial score (nSPS) is 19.6. The van der Waals surface area contributed by atoms with Gasteiger partial charge in [-0.25, -0.2) is 4.79 Å². The minimum absolute atomic E-state index is 0.0276. The molecule has 2 heterocycles. The van der Waals surface area contributed by atoms with Gasteiger partial charge in [-0.1, -0.05) is 12.2 Å². The maximum Gasteiger partial charge on any atom is 0.326 e. The predicted octanol–water partition coefficient (Wildman–Crippen LogP) is -1.12. The van der Waals surface area contributed by atoms with E-state index in [1.165, 1.54) is 11.3 Å². The molecule has 1 fully saturated rings. The van der Waals surface area contributed by atoms with Crippen LogP contribution in [-0.4, -0.2) is 42.3 Å². The smallest absolute Gasteiger partial charge is 0.326 e. The van der Waals surface area contributed by atoms with Crippen LogP contribution in [-0.2, 0) is 19.4 Å². The molecule has 104 valence electrons. The third-order valence-corrected chi connectivity index (χ3v) is 4.60. The minimum Gasteiger partial charge on any atom is -0.331 e. The standard InChI is InChI=1S/C13H20N4OS/c18-13-15-12(19)10-2-1-3-11(10)17(13)9-8-16-6-4-14-5-7-16/h14H,1-9H2,(H,15,18,19)/p+1. The molecule has 0 radical (unpaired) electrons. The molecule has 0 aromatic carbocycles. The van der Waals surface area contributed by atoms with Gasteiger partial charge in [0.05, 0.1) is 26.2 Å². The van der Waals surface area contributed by atoms with Crippen LogP contribution in [0.4, 0.5) is 0 Å². The molecule has 0 bridgehead atoms. The lowest BCUT2D eigenvalue weighted by molar-refractivity contribution is -0.902. The third kappa shape index (κ3) is 2.66. The molecule has 2 aliphatic rings. The topological polar surface area (TPSA) is 54.3 Å². The molecule has 1 saturated heterocycles. The molecule has 1 aromatic rings. The van der Waals surface area contributed by atoms with Crippen molar-refractivity contribution in [3.63, 3.8) is 0 Å². The first kappa shape index (κ1) is 13.0. The highest BCUT2D eigenvalue weighted by molar-refractivity contribution is 7.71. The van der Waals surface area contributed by atoms with Crippen LogP contribution in [0.1, 0.15) is 17.7 Å². The van der Waals surface area contributed by atoms with E-state index in [1.807, 2.05) is 4.57 Å². The van der Waals surface area contributed by atoms with Gasteiger partial charge in [-0.15, -0.1) is 0 Å². The number of hydrogen-bond acceptors (Lipinski definition) is 3. The van der Waals surface area contributed by atoms with Crippen molar-refractivity contribution in [3.05, 3.63) is 26.4 Å². The monoisotopic (exact) mass is 281 g/mol. The summed E-state index contributed by atoms with van der Waals surface area (Å²) in [4.78, 5) is 16.5. The number of piperazine rings is 1. The molecule has 1 aliphatic carbocycles. The Kier molecular flexibility index (Phi) is 3.81. The summed E-state index contributed by atoms with van der Waals surface area (Å²) in [7, 11) is 0. The number of aromatic amines is 1. The van der Waals surface area contributed by atoms with Crippen LogP contribution in [0.5, 0.6) is 0 Å². The van der Waals surface area contributed by atoms with Gasteiger partial charge < -0.3 is 10.2 Å². The van der Waals surface area contributed by atoms with Gasteiger partial charge in [-0.2, -0.15) is 0 Å². The van der Waals surface area contributed by atoms with Crippen LogP contribution in [0.3, 0.4) is 0 Å². The summed E-state index contributed by atoms with van der Waals surface area (Å²) in [5.41, 5.74) is 2.35. The van der Waals surface area contributed by atoms with Crippen LogP contribution in [0.15, 0.2) is 4.79 Å². The Morgan fingerprint density at radius 3 is 2.84 bits per heavy atom. The number of rotatable bonds is 3. The van der Waals surface area contributed by atoms with Gasteiger partial charge in [-0.05, 0) is 19.3 Å². The Bertz CT molecular complexity index is 571. The first-order valence-corrected chi connectivity index (χ1v) is 7.55. The fraction of sp³-hybridized carbons (Fsp3) is 0.692. The van der Waals surface area contributed by atoms with Crippen molar-refractivity contribution in [2.24, 2.45) is 0 Å². The van der Waals surface area contributed by atoms with Crippen molar-refractivity contribution < 1.29 is 4.90 Å². The highest BCUT2D eigenvalue weighted by Gasteiger charge is 2.19. The third-order valence-electron chi connectivity index (χ3n) is 4.25. The van der Waals surface area contributed by atoms with Gasteiger partial charge in [-0.3, -0.25) is 9.55 Å². The Morgan fingerprint density at radius 1 is 1.26 bits per heavy atom. The Labute approximate surface area is 117 Å². The van der Waals surface area contributed by atoms with E-state index in [9.17, 15) is 4.79 Å². The first-order valence-electron chi connectivity index (χ1n) is 7.15. The molecule has 3 rings (SSSR count). The van der Waals surface area contributed by atoms with Crippen molar-refractivity contribution in [3.8, 4) is 0 Å². The molecule has 3 N–H and O–H groups in total. The van der Waals surface area contributed by atoms with Crippen LogP contribution in [0.25, 0.3) is 0 Å². The number of hydrogen-bond donors (Lipinski definition) is 3. The molecule has 0 unspecified atom stereocenters. The van der Waals surface area contributed by atoms with Crippen LogP contribution in [0.2, 0.25) is 0 Å². The summed E-state index contributed by atoms with van der Waals surface area (Å²) in [6.07, 6.45) is 3.14. The van der Waals surface area contributed by atoms with E-state index in [1.54, 1.807) is 4.90 Å². The second-order valence-corrected chi connectivity index (χ2v) is 5.85. The molecule has 19 heavy (non-hydrogen) atoms. The zero-order valence-corrected chi connectivity index (χ0v) is 11.9. The van der Waals surface area contributed by atoms with Gasteiger partial charge in [0.2, 0.25) is 0 Å². The van der Waals surface area contributed by atoms with Crippen LogP contribution in [0, 0.1) is 4.64 Å². The first-order chi connectivity index (χ1) is 9.25. The highest BCUT2D eigenvalue weighted by atomic mass is 32.1. The number of aromatic nitrogens is 2. The maximum absolute atomic E-state index is 12.1. The quantitative estimate of drug-likeness (QED) is 0.616. The van der Waals surface area contributed by atoms with Gasteiger partial charge >= 0.3 is 5.69 Å². The SMILES string of the molecule is O=c1[nH]c(=S)c2c(n1CC[NH+]1CCNCC1)CCC2. The lowest BCUT2D eigenvalue weighted by atomic mass is 10.2. The lowest BCUT2D eigenvalue weighted by Crippen LogP contribution is -3.15. The molecule has 0 amide bonds. The molecular formula is C13H21N4OS+. The van der Waals surface area contributed by atoms with E-state index in [4.69, 9.17) is 12.2 Å². The molecule has 0 spiro atoms. The fourth-order valence-electron chi connectivity index (χ4n) is 3.17.